The molecule has 0 amide bonds. The van der Waals surface area contributed by atoms with Crippen LogP contribution in [0.4, 0.5) is 79.0 Å². The molecule has 0 aromatic carbocycles. The van der Waals surface area contributed by atoms with Crippen molar-refractivity contribution >= 4 is 26.4 Å². The van der Waals surface area contributed by atoms with Crippen molar-refractivity contribution in [3.63, 3.8) is 0 Å². The van der Waals surface area contributed by atoms with E-state index in [9.17, 15) is 94.3 Å². The third-order valence-electron chi connectivity index (χ3n) is 7.01. The van der Waals surface area contributed by atoms with Crippen LogP contribution in [0.2, 0.25) is 0 Å². The smallest absolute Gasteiger partial charge is 0.375 e. The third kappa shape index (κ3) is 11.4. The average molecular weight is 893 g/mol. The molecule has 0 rings (SSSR count). The summed E-state index contributed by atoms with van der Waals surface area (Å²) in [6, 6.07) is 0. The summed E-state index contributed by atoms with van der Waals surface area (Å²) >= 11 is 0. The summed E-state index contributed by atoms with van der Waals surface area (Å²) in [5.74, 6) is 0. The van der Waals surface area contributed by atoms with E-state index in [1.54, 1.807) is 0 Å². The molecule has 0 atom stereocenters. The van der Waals surface area contributed by atoms with Gasteiger partial charge in [-0.15, -0.1) is 0 Å². The van der Waals surface area contributed by atoms with Gasteiger partial charge in [-0.1, -0.05) is 18.2 Å². The van der Waals surface area contributed by atoms with Crippen molar-refractivity contribution in [2.75, 3.05) is 35.5 Å². The van der Waals surface area contributed by atoms with Crippen LogP contribution in [0.1, 0.15) is 19.3 Å². The minimum Gasteiger partial charge on any atom is -0.375 e. The number of halogens is 18. The second-order valence-corrected chi connectivity index (χ2v) is 18.7. The molecule has 0 bridgehead atoms. The molecular weight excluding hydrogens is 862 g/mol. The Bertz CT molecular complexity index is 1180. The van der Waals surface area contributed by atoms with E-state index in [1.165, 1.54) is 0 Å². The maximum absolute atomic E-state index is 13.3. The highest BCUT2D eigenvalue weighted by atomic mass is 28.5. The first kappa shape index (κ1) is 52.2. The van der Waals surface area contributed by atoms with Crippen molar-refractivity contribution in [3.05, 3.63) is 35.3 Å². The Balaban J connectivity index is 7.63. The zero-order valence-corrected chi connectivity index (χ0v) is 30.6. The van der Waals surface area contributed by atoms with Gasteiger partial charge in [-0.3, -0.25) is 0 Å². The van der Waals surface area contributed by atoms with Crippen molar-refractivity contribution in [1.82, 2.24) is 0 Å². The zero-order chi connectivity index (χ0) is 43.3. The van der Waals surface area contributed by atoms with Crippen LogP contribution in [-0.4, -0.2) is 131 Å². The lowest BCUT2D eigenvalue weighted by molar-refractivity contribution is -0.367. The quantitative estimate of drug-likeness (QED) is 0.110. The summed E-state index contributed by atoms with van der Waals surface area (Å²) in [6.45, 7) is 0. The largest absolute Gasteiger partial charge is 0.521 e. The number of hydrogen-bond acceptors (Lipinski definition) is 10. The Morgan fingerprint density at radius 1 is 0.352 bits per heavy atom. The van der Waals surface area contributed by atoms with Gasteiger partial charge in [-0.25, -0.2) is 0 Å². The van der Waals surface area contributed by atoms with Gasteiger partial charge < -0.3 is 45.7 Å². The number of hydrogen-bond donors (Lipinski definition) is 3. The fourth-order valence-corrected chi connectivity index (χ4v) is 12.6. The maximum Gasteiger partial charge on any atom is 0.521 e. The number of alkyl halides is 18. The van der Waals surface area contributed by atoms with E-state index in [4.69, 9.17) is 30.4 Å². The van der Waals surface area contributed by atoms with Gasteiger partial charge in [0.05, 0.1) is 0 Å². The molecule has 0 fully saturated rings. The summed E-state index contributed by atoms with van der Waals surface area (Å²) in [4.78, 5) is 0. The lowest BCUT2D eigenvalue weighted by Crippen LogP contribution is -2.62. The van der Waals surface area contributed by atoms with Crippen LogP contribution in [0.25, 0.3) is 0 Å². The topological polar surface area (TPSA) is 125 Å². The highest BCUT2D eigenvalue weighted by Gasteiger charge is 2.72. The third-order valence-corrected chi connectivity index (χ3v) is 16.3. The molecule has 0 spiro atoms. The molecule has 3 N–H and O–H groups in total. The van der Waals surface area contributed by atoms with Gasteiger partial charge in [0, 0.05) is 54.8 Å². The lowest BCUT2D eigenvalue weighted by atomic mass is 9.98. The van der Waals surface area contributed by atoms with E-state index in [0.29, 0.717) is 35.5 Å². The highest BCUT2D eigenvalue weighted by molar-refractivity contribution is 6.85. The molecule has 10 nitrogen and oxygen atoms in total. The van der Waals surface area contributed by atoms with E-state index < -0.39 is 99.5 Å². The molecule has 0 aliphatic rings. The predicted octanol–water partition coefficient (Wildman–Crippen LogP) is 6.09. The molecule has 31 heteroatoms. The molecule has 0 saturated carbocycles. The highest BCUT2D eigenvalue weighted by Crippen LogP contribution is 2.48. The van der Waals surface area contributed by atoms with E-state index in [2.05, 4.69) is 0 Å². The molecule has 0 aliphatic carbocycles. The van der Waals surface area contributed by atoms with Crippen molar-refractivity contribution in [3.8, 4) is 0 Å². The van der Waals surface area contributed by atoms with Gasteiger partial charge in [0.25, 0.3) is 16.8 Å². The van der Waals surface area contributed by atoms with Gasteiger partial charge in [-0.05, 0) is 17.1 Å². The second kappa shape index (κ2) is 17.4. The summed E-state index contributed by atoms with van der Waals surface area (Å²) in [6.07, 6.45) is -46.2. The van der Waals surface area contributed by atoms with Crippen LogP contribution in [0.3, 0.4) is 0 Å². The predicted molar refractivity (Wildman–Crippen MR) is 147 cm³/mol. The first-order valence-electron chi connectivity index (χ1n) is 13.6. The molecule has 54 heavy (non-hydrogen) atoms. The minimum absolute atomic E-state index is 0.0141. The maximum atomic E-state index is 13.3. The molecule has 0 aromatic rings. The van der Waals surface area contributed by atoms with E-state index in [1.807, 2.05) is 0 Å². The summed E-state index contributed by atoms with van der Waals surface area (Å²) in [5.41, 5.74) is -16.2. The fourth-order valence-electron chi connectivity index (χ4n) is 3.61. The van der Waals surface area contributed by atoms with E-state index >= 15 is 0 Å². The lowest BCUT2D eigenvalue weighted by Gasteiger charge is -2.38. The summed E-state index contributed by atoms with van der Waals surface area (Å²) < 4.78 is 274. The minimum atomic E-state index is -6.48. The van der Waals surface area contributed by atoms with Gasteiger partial charge in [-0.2, -0.15) is 79.0 Å². The van der Waals surface area contributed by atoms with E-state index in [0.717, 1.165) is 0 Å². The van der Waals surface area contributed by atoms with Crippen LogP contribution in [0.15, 0.2) is 35.3 Å². The summed E-state index contributed by atoms with van der Waals surface area (Å²) in [5, 5.41) is 28.4. The summed E-state index contributed by atoms with van der Waals surface area (Å²) in [7, 11) is -13.5. The van der Waals surface area contributed by atoms with Gasteiger partial charge >= 0.3 is 63.5 Å². The van der Waals surface area contributed by atoms with Crippen molar-refractivity contribution in [2.24, 2.45) is 0 Å². The van der Waals surface area contributed by atoms with Crippen LogP contribution in [0.5, 0.6) is 0 Å². The molecule has 0 saturated heterocycles. The monoisotopic (exact) mass is 892 g/mol. The molecule has 0 unspecified atom stereocenters. The Morgan fingerprint density at radius 3 is 0.667 bits per heavy atom. The number of aliphatic hydroxyl groups is 3. The Labute approximate surface area is 295 Å². The molecule has 320 valence electrons. The molecule has 0 aromatic heterocycles. The van der Waals surface area contributed by atoms with Crippen LogP contribution in [-0.2, 0) is 30.4 Å². The molecule has 0 heterocycles. The van der Waals surface area contributed by atoms with Crippen molar-refractivity contribution in [1.29, 1.82) is 0 Å². The van der Waals surface area contributed by atoms with Crippen LogP contribution >= 0.6 is 0 Å². The normalized spacial score (nSPS) is 17.0. The molecule has 0 radical (unpaired) electrons. The Morgan fingerprint density at radius 2 is 0.519 bits per heavy atom. The second-order valence-electron chi connectivity index (χ2n) is 10.4. The fraction of sp³-hybridized carbons (Fsp3) is 0.739. The van der Waals surface area contributed by atoms with Gasteiger partial charge in [0.1, 0.15) is 0 Å². The first-order chi connectivity index (χ1) is 23.8. The van der Waals surface area contributed by atoms with Crippen LogP contribution < -0.4 is 0 Å². The molecular formula is C23H30F18O10Si3. The standard InChI is InChI=1S/C23H30F18O10Si3/c1-45-52(46-2,12-6-9-15(42,18(24,25)26)19(27,28)29)50-54(49-5,14-8-11-17(44,22(36,37)38)23(39,40)41)51-53(47-3,48-4)13-7-10-16(43,20(30,31)32)21(33,34)35/h6-8,12-14,42-44H,9-11H2,1-5H3. The SMILES string of the molecule is CO[Si](C=CCC(O)(C(F)(F)F)C(F)(F)F)(OC)O[Si](C=CCC(O)(C(F)(F)F)C(F)(F)F)(OC)O[Si](C=CCC(O)(C(F)(F)F)C(F)(F)F)(OC)OC. The van der Waals surface area contributed by atoms with Crippen molar-refractivity contribution < 1.29 is 125 Å². The van der Waals surface area contributed by atoms with Gasteiger partial charge in [0.15, 0.2) is 0 Å². The van der Waals surface area contributed by atoms with Crippen LogP contribution in [0, 0.1) is 0 Å². The first-order valence-corrected chi connectivity index (χ1v) is 19.0. The Kier molecular flexibility index (Phi) is 16.8. The van der Waals surface area contributed by atoms with Crippen molar-refractivity contribution in [2.45, 2.75) is 73.1 Å². The number of rotatable bonds is 18. The van der Waals surface area contributed by atoms with E-state index in [-0.39, 0.29) is 35.3 Å². The van der Waals surface area contributed by atoms with Gasteiger partial charge in [0.2, 0.25) is 0 Å². The zero-order valence-electron chi connectivity index (χ0n) is 27.6. The molecule has 0 aliphatic heterocycles. The average Bonchev–Trinajstić information content (AvgIpc) is 3.00. The Hall–Kier alpha value is -1.79.